The van der Waals surface area contributed by atoms with E-state index in [0.29, 0.717) is 31.0 Å². The highest BCUT2D eigenvalue weighted by atomic mass is 16.4. The number of rotatable bonds is 7. The van der Waals surface area contributed by atoms with Crippen molar-refractivity contribution >= 4 is 5.97 Å². The molecule has 0 atom stereocenters. The topological polar surface area (TPSA) is 76.2 Å². The molecule has 0 aliphatic heterocycles. The van der Waals surface area contributed by atoms with Gasteiger partial charge in [0.25, 0.3) is 0 Å². The van der Waals surface area contributed by atoms with Gasteiger partial charge >= 0.3 is 5.97 Å². The van der Waals surface area contributed by atoms with Crippen LogP contribution >= 0.6 is 0 Å². The summed E-state index contributed by atoms with van der Waals surface area (Å²) in [6, 6.07) is 8.33. The zero-order valence-electron chi connectivity index (χ0n) is 11.5. The average molecular weight is 274 g/mol. The molecule has 5 heteroatoms. The molecule has 5 nitrogen and oxygen atoms in total. The lowest BCUT2D eigenvalue weighted by atomic mass is 10.1. The molecule has 0 bridgehead atoms. The Balaban J connectivity index is 1.82. The van der Waals surface area contributed by atoms with Crippen molar-refractivity contribution in [2.75, 3.05) is 0 Å². The van der Waals surface area contributed by atoms with Gasteiger partial charge in [0.2, 0.25) is 11.8 Å². The number of carboxylic acids is 1. The minimum atomic E-state index is -0.802. The van der Waals surface area contributed by atoms with E-state index < -0.39 is 5.97 Å². The number of carboxylic acid groups (broad SMARTS) is 1. The van der Waals surface area contributed by atoms with E-state index in [9.17, 15) is 4.79 Å². The summed E-state index contributed by atoms with van der Waals surface area (Å²) in [6.07, 6.45) is 2.73. The second kappa shape index (κ2) is 6.84. The number of aryl methyl sites for hydroxylation is 4. The Morgan fingerprint density at radius 1 is 1.20 bits per heavy atom. The minimum Gasteiger partial charge on any atom is -0.481 e. The zero-order chi connectivity index (χ0) is 14.4. The minimum absolute atomic E-state index is 0.126. The fourth-order valence-electron chi connectivity index (χ4n) is 2.00. The standard InChI is InChI=1S/C15H18N2O3/c1-11-4-2-5-12(10-11)8-9-14-17-16-13(20-14)6-3-7-15(18)19/h2,4-5,10H,3,6-9H2,1H3,(H,18,19). The molecule has 0 amide bonds. The van der Waals surface area contributed by atoms with Crippen molar-refractivity contribution in [1.82, 2.24) is 10.2 Å². The Labute approximate surface area is 117 Å². The summed E-state index contributed by atoms with van der Waals surface area (Å²) < 4.78 is 5.50. The molecule has 0 spiro atoms. The van der Waals surface area contributed by atoms with Crippen LogP contribution in [0.15, 0.2) is 28.7 Å². The van der Waals surface area contributed by atoms with E-state index >= 15 is 0 Å². The molecule has 0 fully saturated rings. The first kappa shape index (κ1) is 14.2. The molecule has 0 aliphatic rings. The van der Waals surface area contributed by atoms with Crippen molar-refractivity contribution in [3.63, 3.8) is 0 Å². The lowest BCUT2D eigenvalue weighted by Gasteiger charge is -1.99. The maximum atomic E-state index is 10.4. The molecule has 2 rings (SSSR count). The highest BCUT2D eigenvalue weighted by Gasteiger charge is 2.07. The Kier molecular flexibility index (Phi) is 4.87. The van der Waals surface area contributed by atoms with E-state index in [-0.39, 0.29) is 6.42 Å². The van der Waals surface area contributed by atoms with Crippen LogP contribution in [0.25, 0.3) is 0 Å². The Morgan fingerprint density at radius 2 is 1.95 bits per heavy atom. The predicted octanol–water partition coefficient (Wildman–Crippen LogP) is 2.57. The van der Waals surface area contributed by atoms with Gasteiger partial charge in [-0.25, -0.2) is 0 Å². The normalized spacial score (nSPS) is 10.7. The molecule has 0 saturated carbocycles. The molecular weight excluding hydrogens is 256 g/mol. The highest BCUT2D eigenvalue weighted by molar-refractivity contribution is 5.66. The van der Waals surface area contributed by atoms with Crippen LogP contribution in [0.1, 0.15) is 35.7 Å². The molecule has 2 aromatic rings. The van der Waals surface area contributed by atoms with Gasteiger partial charge in [0, 0.05) is 19.3 Å². The van der Waals surface area contributed by atoms with E-state index in [1.807, 2.05) is 6.07 Å². The number of nitrogens with zero attached hydrogens (tertiary/aromatic N) is 2. The highest BCUT2D eigenvalue weighted by Crippen LogP contribution is 2.10. The third-order valence-corrected chi connectivity index (χ3v) is 3.00. The summed E-state index contributed by atoms with van der Waals surface area (Å²) in [4.78, 5) is 10.4. The third kappa shape index (κ3) is 4.50. The van der Waals surface area contributed by atoms with Gasteiger partial charge in [-0.15, -0.1) is 10.2 Å². The average Bonchev–Trinajstić information content (AvgIpc) is 2.84. The van der Waals surface area contributed by atoms with Gasteiger partial charge in [0.1, 0.15) is 0 Å². The van der Waals surface area contributed by atoms with Crippen molar-refractivity contribution in [1.29, 1.82) is 0 Å². The molecule has 0 aliphatic carbocycles. The SMILES string of the molecule is Cc1cccc(CCc2nnc(CCCC(=O)O)o2)c1. The van der Waals surface area contributed by atoms with Crippen LogP contribution < -0.4 is 0 Å². The monoisotopic (exact) mass is 274 g/mol. The molecule has 0 radical (unpaired) electrons. The maximum absolute atomic E-state index is 10.4. The first-order valence-electron chi connectivity index (χ1n) is 6.72. The smallest absolute Gasteiger partial charge is 0.303 e. The molecule has 106 valence electrons. The van der Waals surface area contributed by atoms with Crippen LogP contribution in [-0.2, 0) is 24.1 Å². The van der Waals surface area contributed by atoms with Gasteiger partial charge in [-0.2, -0.15) is 0 Å². The number of hydrogen-bond acceptors (Lipinski definition) is 4. The van der Waals surface area contributed by atoms with Gasteiger partial charge in [0.05, 0.1) is 0 Å². The Morgan fingerprint density at radius 3 is 2.65 bits per heavy atom. The van der Waals surface area contributed by atoms with E-state index in [2.05, 4.69) is 35.3 Å². The summed E-state index contributed by atoms with van der Waals surface area (Å²) in [7, 11) is 0. The number of aliphatic carboxylic acids is 1. The summed E-state index contributed by atoms with van der Waals surface area (Å²) in [5, 5.41) is 16.5. The number of hydrogen-bond donors (Lipinski definition) is 1. The van der Waals surface area contributed by atoms with Gasteiger partial charge in [0.15, 0.2) is 0 Å². The quantitative estimate of drug-likeness (QED) is 0.839. The van der Waals surface area contributed by atoms with E-state index in [0.717, 1.165) is 6.42 Å². The number of carbonyl (C=O) groups is 1. The van der Waals surface area contributed by atoms with Gasteiger partial charge in [-0.1, -0.05) is 29.8 Å². The fourth-order valence-corrected chi connectivity index (χ4v) is 2.00. The van der Waals surface area contributed by atoms with Crippen LogP contribution in [0.2, 0.25) is 0 Å². The number of benzene rings is 1. The van der Waals surface area contributed by atoms with Crippen molar-refractivity contribution in [2.45, 2.75) is 39.0 Å². The molecule has 0 unspecified atom stereocenters. The largest absolute Gasteiger partial charge is 0.481 e. The second-order valence-corrected chi connectivity index (χ2v) is 4.83. The van der Waals surface area contributed by atoms with Crippen LogP contribution in [0.5, 0.6) is 0 Å². The maximum Gasteiger partial charge on any atom is 0.303 e. The molecule has 1 aromatic carbocycles. The van der Waals surface area contributed by atoms with E-state index in [1.54, 1.807) is 0 Å². The van der Waals surface area contributed by atoms with Crippen molar-refractivity contribution < 1.29 is 14.3 Å². The second-order valence-electron chi connectivity index (χ2n) is 4.83. The molecule has 1 N–H and O–H groups in total. The summed E-state index contributed by atoms with van der Waals surface area (Å²) in [5.74, 6) is 0.325. The lowest BCUT2D eigenvalue weighted by Crippen LogP contribution is -1.95. The molecular formula is C15H18N2O3. The summed E-state index contributed by atoms with van der Waals surface area (Å²) >= 11 is 0. The first-order chi connectivity index (χ1) is 9.63. The van der Waals surface area contributed by atoms with E-state index in [4.69, 9.17) is 9.52 Å². The van der Waals surface area contributed by atoms with Crippen molar-refractivity contribution in [2.24, 2.45) is 0 Å². The van der Waals surface area contributed by atoms with Crippen LogP contribution in [-0.4, -0.2) is 21.3 Å². The third-order valence-electron chi connectivity index (χ3n) is 3.00. The molecule has 20 heavy (non-hydrogen) atoms. The first-order valence-corrected chi connectivity index (χ1v) is 6.72. The molecule has 1 heterocycles. The Bertz CT molecular complexity index is 578. The van der Waals surface area contributed by atoms with Gasteiger partial charge in [-0.05, 0) is 25.3 Å². The van der Waals surface area contributed by atoms with Crippen molar-refractivity contribution in [3.05, 3.63) is 47.2 Å². The summed E-state index contributed by atoms with van der Waals surface area (Å²) in [5.41, 5.74) is 2.48. The molecule has 0 saturated heterocycles. The number of aromatic nitrogens is 2. The van der Waals surface area contributed by atoms with Gasteiger partial charge < -0.3 is 9.52 Å². The fraction of sp³-hybridized carbons (Fsp3) is 0.400. The Hall–Kier alpha value is -2.17. The van der Waals surface area contributed by atoms with Gasteiger partial charge in [-0.3, -0.25) is 4.79 Å². The van der Waals surface area contributed by atoms with Crippen molar-refractivity contribution in [3.8, 4) is 0 Å². The predicted molar refractivity (Wildman–Crippen MR) is 73.5 cm³/mol. The molecule has 1 aromatic heterocycles. The van der Waals surface area contributed by atoms with Crippen LogP contribution in [0.4, 0.5) is 0 Å². The summed E-state index contributed by atoms with van der Waals surface area (Å²) in [6.45, 7) is 2.07. The lowest BCUT2D eigenvalue weighted by molar-refractivity contribution is -0.137. The van der Waals surface area contributed by atoms with E-state index in [1.165, 1.54) is 11.1 Å². The van der Waals surface area contributed by atoms with Crippen LogP contribution in [0, 0.1) is 6.92 Å². The zero-order valence-corrected chi connectivity index (χ0v) is 11.5. The van der Waals surface area contributed by atoms with Crippen LogP contribution in [0.3, 0.4) is 0 Å².